The molecule has 1 aromatic carbocycles. The minimum atomic E-state index is -3.53. The van der Waals surface area contributed by atoms with Crippen LogP contribution in [0.15, 0.2) is 29.2 Å². The topological polar surface area (TPSA) is 73.2 Å². The van der Waals surface area contributed by atoms with Crippen LogP contribution >= 0.6 is 0 Å². The molecule has 0 aliphatic carbocycles. The number of benzene rings is 1. The zero-order valence-corrected chi connectivity index (χ0v) is 10.9. The normalized spacial score (nSPS) is 20.8. The summed E-state index contributed by atoms with van der Waals surface area (Å²) < 4.78 is 26.9. The van der Waals surface area contributed by atoms with E-state index in [4.69, 9.17) is 5.26 Å². The summed E-state index contributed by atoms with van der Waals surface area (Å²) in [5, 5.41) is 8.77. The summed E-state index contributed by atoms with van der Waals surface area (Å²) in [6, 6.07) is 7.94. The Balaban J connectivity index is 2.18. The van der Waals surface area contributed by atoms with E-state index in [9.17, 15) is 8.42 Å². The highest BCUT2D eigenvalue weighted by molar-refractivity contribution is 7.89. The van der Waals surface area contributed by atoms with Gasteiger partial charge in [-0.3, -0.25) is 0 Å². The van der Waals surface area contributed by atoms with Gasteiger partial charge >= 0.3 is 0 Å². The highest BCUT2D eigenvalue weighted by Crippen LogP contribution is 2.14. The fourth-order valence-corrected chi connectivity index (χ4v) is 3.36. The maximum Gasteiger partial charge on any atom is 0.240 e. The fraction of sp³-hybridized carbons (Fsp3) is 0.417. The van der Waals surface area contributed by atoms with Crippen LogP contribution in [0.5, 0.6) is 0 Å². The first-order valence-corrected chi connectivity index (χ1v) is 7.20. The maximum absolute atomic E-state index is 12.1. The first-order valence-electron chi connectivity index (χ1n) is 5.72. The molecule has 0 bridgehead atoms. The van der Waals surface area contributed by atoms with Crippen LogP contribution in [0.3, 0.4) is 0 Å². The first kappa shape index (κ1) is 13.0. The SMILES string of the molecule is CN1CCC(NS(=O)(=O)c2cccc(C#N)c2)C1. The van der Waals surface area contributed by atoms with Crippen LogP contribution in [0.25, 0.3) is 0 Å². The largest absolute Gasteiger partial charge is 0.305 e. The van der Waals surface area contributed by atoms with Gasteiger partial charge in [0.25, 0.3) is 0 Å². The minimum Gasteiger partial charge on any atom is -0.305 e. The van der Waals surface area contributed by atoms with Crippen molar-refractivity contribution in [1.29, 1.82) is 5.26 Å². The van der Waals surface area contributed by atoms with Crippen molar-refractivity contribution in [2.45, 2.75) is 17.4 Å². The van der Waals surface area contributed by atoms with Crippen molar-refractivity contribution in [1.82, 2.24) is 9.62 Å². The number of nitrogens with one attached hydrogen (secondary N) is 1. The van der Waals surface area contributed by atoms with Crippen molar-refractivity contribution in [3.63, 3.8) is 0 Å². The Morgan fingerprint density at radius 3 is 2.89 bits per heavy atom. The van der Waals surface area contributed by atoms with Gasteiger partial charge in [-0.15, -0.1) is 0 Å². The predicted molar refractivity (Wildman–Crippen MR) is 67.4 cm³/mol. The van der Waals surface area contributed by atoms with Gasteiger partial charge in [0.2, 0.25) is 10.0 Å². The molecule has 1 N–H and O–H groups in total. The van der Waals surface area contributed by atoms with Gasteiger partial charge in [0, 0.05) is 12.6 Å². The van der Waals surface area contributed by atoms with Gasteiger partial charge in [0.15, 0.2) is 0 Å². The molecular formula is C12H15N3O2S. The van der Waals surface area contributed by atoms with Crippen molar-refractivity contribution in [2.24, 2.45) is 0 Å². The second-order valence-corrected chi connectivity index (χ2v) is 6.22. The van der Waals surface area contributed by atoms with Crippen LogP contribution in [-0.2, 0) is 10.0 Å². The lowest BCUT2D eigenvalue weighted by Gasteiger charge is -2.13. The third kappa shape index (κ3) is 2.88. The number of hydrogen-bond acceptors (Lipinski definition) is 4. The van der Waals surface area contributed by atoms with E-state index in [-0.39, 0.29) is 10.9 Å². The van der Waals surface area contributed by atoms with E-state index in [1.165, 1.54) is 12.1 Å². The molecule has 1 aliphatic rings. The lowest BCUT2D eigenvalue weighted by Crippen LogP contribution is -2.36. The molecule has 1 aromatic rings. The lowest BCUT2D eigenvalue weighted by molar-refractivity contribution is 0.407. The molecule has 1 fully saturated rings. The van der Waals surface area contributed by atoms with Crippen LogP contribution in [0.2, 0.25) is 0 Å². The van der Waals surface area contributed by atoms with E-state index in [1.54, 1.807) is 12.1 Å². The number of rotatable bonds is 3. The molecule has 1 aliphatic heterocycles. The van der Waals surface area contributed by atoms with Crippen molar-refractivity contribution >= 4 is 10.0 Å². The Labute approximate surface area is 107 Å². The number of sulfonamides is 1. The van der Waals surface area contributed by atoms with E-state index in [1.807, 2.05) is 13.1 Å². The first-order chi connectivity index (χ1) is 8.51. The van der Waals surface area contributed by atoms with Crippen molar-refractivity contribution in [3.8, 4) is 6.07 Å². The third-order valence-corrected chi connectivity index (χ3v) is 4.50. The molecule has 0 radical (unpaired) electrons. The Morgan fingerprint density at radius 2 is 2.28 bits per heavy atom. The van der Waals surface area contributed by atoms with Gasteiger partial charge in [-0.05, 0) is 38.2 Å². The number of hydrogen-bond donors (Lipinski definition) is 1. The van der Waals surface area contributed by atoms with Crippen molar-refractivity contribution < 1.29 is 8.42 Å². The highest BCUT2D eigenvalue weighted by Gasteiger charge is 2.25. The zero-order chi connectivity index (χ0) is 13.2. The minimum absolute atomic E-state index is 0.0502. The summed E-state index contributed by atoms with van der Waals surface area (Å²) in [6.45, 7) is 1.61. The highest BCUT2D eigenvalue weighted by atomic mass is 32.2. The Hall–Kier alpha value is -1.42. The fourth-order valence-electron chi connectivity index (χ4n) is 2.05. The monoisotopic (exact) mass is 265 g/mol. The van der Waals surface area contributed by atoms with E-state index < -0.39 is 10.0 Å². The summed E-state index contributed by atoms with van der Waals surface area (Å²) in [5.41, 5.74) is 0.349. The summed E-state index contributed by atoms with van der Waals surface area (Å²) in [7, 11) is -1.56. The summed E-state index contributed by atoms with van der Waals surface area (Å²) in [5.74, 6) is 0. The molecule has 0 saturated carbocycles. The molecule has 2 rings (SSSR count). The quantitative estimate of drug-likeness (QED) is 0.865. The van der Waals surface area contributed by atoms with Crippen LogP contribution in [0.4, 0.5) is 0 Å². The van der Waals surface area contributed by atoms with E-state index in [2.05, 4.69) is 9.62 Å². The standard InChI is InChI=1S/C12H15N3O2S/c1-15-6-5-11(9-15)14-18(16,17)12-4-2-3-10(7-12)8-13/h2-4,7,11,14H,5-6,9H2,1H3. The summed E-state index contributed by atoms with van der Waals surface area (Å²) in [6.07, 6.45) is 0.813. The van der Waals surface area contributed by atoms with Crippen molar-refractivity contribution in [2.75, 3.05) is 20.1 Å². The van der Waals surface area contributed by atoms with E-state index >= 15 is 0 Å². The third-order valence-electron chi connectivity index (χ3n) is 2.99. The summed E-state index contributed by atoms with van der Waals surface area (Å²) in [4.78, 5) is 2.23. The molecule has 1 saturated heterocycles. The van der Waals surface area contributed by atoms with Gasteiger partial charge in [-0.25, -0.2) is 13.1 Å². The average molecular weight is 265 g/mol. The van der Waals surface area contributed by atoms with E-state index in [0.29, 0.717) is 5.56 Å². The lowest BCUT2D eigenvalue weighted by atomic mass is 10.2. The molecule has 96 valence electrons. The van der Waals surface area contributed by atoms with Crippen LogP contribution in [-0.4, -0.2) is 39.5 Å². The van der Waals surface area contributed by atoms with Gasteiger partial charge in [-0.2, -0.15) is 5.26 Å². The summed E-state index contributed by atoms with van der Waals surface area (Å²) >= 11 is 0. The second kappa shape index (κ2) is 5.06. The van der Waals surface area contributed by atoms with Gasteiger partial charge in [-0.1, -0.05) is 6.07 Å². The van der Waals surface area contributed by atoms with Crippen molar-refractivity contribution in [3.05, 3.63) is 29.8 Å². The molecule has 1 atom stereocenters. The number of likely N-dealkylation sites (N-methyl/N-ethyl adjacent to an activating group) is 1. The molecular weight excluding hydrogens is 250 g/mol. The van der Waals surface area contributed by atoms with Gasteiger partial charge < -0.3 is 4.90 Å². The molecule has 0 amide bonds. The van der Waals surface area contributed by atoms with E-state index in [0.717, 1.165) is 19.5 Å². The smallest absolute Gasteiger partial charge is 0.240 e. The van der Waals surface area contributed by atoms with Crippen LogP contribution < -0.4 is 4.72 Å². The second-order valence-electron chi connectivity index (χ2n) is 4.51. The average Bonchev–Trinajstić information content (AvgIpc) is 2.74. The number of nitrogens with zero attached hydrogens (tertiary/aromatic N) is 2. The molecule has 5 nitrogen and oxygen atoms in total. The Kier molecular flexibility index (Phi) is 3.66. The molecule has 6 heteroatoms. The molecule has 1 unspecified atom stereocenters. The Bertz CT molecular complexity index is 577. The molecule has 0 spiro atoms. The molecule has 1 heterocycles. The number of likely N-dealkylation sites (tertiary alicyclic amines) is 1. The molecule has 18 heavy (non-hydrogen) atoms. The van der Waals surface area contributed by atoms with Crippen LogP contribution in [0.1, 0.15) is 12.0 Å². The predicted octanol–water partition coefficient (Wildman–Crippen LogP) is 0.541. The Morgan fingerprint density at radius 1 is 1.50 bits per heavy atom. The number of nitriles is 1. The zero-order valence-electron chi connectivity index (χ0n) is 10.1. The molecule has 0 aromatic heterocycles. The van der Waals surface area contributed by atoms with Gasteiger partial charge in [0.05, 0.1) is 16.5 Å². The maximum atomic E-state index is 12.1. The van der Waals surface area contributed by atoms with Gasteiger partial charge in [0.1, 0.15) is 0 Å². The van der Waals surface area contributed by atoms with Crippen LogP contribution in [0, 0.1) is 11.3 Å².